The zero-order chi connectivity index (χ0) is 18.3. The summed E-state index contributed by atoms with van der Waals surface area (Å²) in [6.07, 6.45) is 0.0196. The third-order valence-electron chi connectivity index (χ3n) is 4.22. The van der Waals surface area contributed by atoms with Crippen LogP contribution in [0.25, 0.3) is 10.2 Å². The van der Waals surface area contributed by atoms with Crippen molar-refractivity contribution < 1.29 is 9.53 Å². The predicted molar refractivity (Wildman–Crippen MR) is 98.3 cm³/mol. The van der Waals surface area contributed by atoms with Crippen LogP contribution in [0.5, 0.6) is 0 Å². The normalized spacial score (nSPS) is 21.3. The SMILES string of the molecule is Cc1c(C(=O)N2CC(C)OC(C)C2)sc2nc(CN(C)C)[nH]c(=O)c12. The molecule has 2 aromatic rings. The van der Waals surface area contributed by atoms with E-state index in [1.54, 1.807) is 0 Å². The number of aromatic nitrogens is 2. The first-order valence-electron chi connectivity index (χ1n) is 8.38. The van der Waals surface area contributed by atoms with E-state index in [9.17, 15) is 9.59 Å². The fourth-order valence-corrected chi connectivity index (χ4v) is 4.42. The van der Waals surface area contributed by atoms with Crippen molar-refractivity contribution in [2.45, 2.75) is 39.5 Å². The lowest BCUT2D eigenvalue weighted by atomic mass is 10.1. The van der Waals surface area contributed by atoms with Crippen molar-refractivity contribution in [3.8, 4) is 0 Å². The van der Waals surface area contributed by atoms with Gasteiger partial charge < -0.3 is 19.5 Å². The molecule has 0 bridgehead atoms. The summed E-state index contributed by atoms with van der Waals surface area (Å²) >= 11 is 1.30. The maximum absolute atomic E-state index is 13.0. The number of carbonyl (C=O) groups excluding carboxylic acids is 1. The van der Waals surface area contributed by atoms with Crippen molar-refractivity contribution in [1.29, 1.82) is 0 Å². The van der Waals surface area contributed by atoms with E-state index in [0.717, 1.165) is 0 Å². The number of fused-ring (bicyclic) bond motifs is 1. The first kappa shape index (κ1) is 18.0. The third kappa shape index (κ3) is 3.61. The van der Waals surface area contributed by atoms with Crippen molar-refractivity contribution in [1.82, 2.24) is 19.8 Å². The van der Waals surface area contributed by atoms with Crippen LogP contribution in [0, 0.1) is 6.92 Å². The highest BCUT2D eigenvalue weighted by molar-refractivity contribution is 7.20. The van der Waals surface area contributed by atoms with Gasteiger partial charge in [-0.2, -0.15) is 0 Å². The number of H-pyrrole nitrogens is 1. The lowest BCUT2D eigenvalue weighted by Gasteiger charge is -2.35. The first-order chi connectivity index (χ1) is 11.8. The number of nitrogens with one attached hydrogen (secondary N) is 1. The van der Waals surface area contributed by atoms with E-state index >= 15 is 0 Å². The number of aromatic amines is 1. The average Bonchev–Trinajstić information content (AvgIpc) is 2.82. The molecule has 1 amide bonds. The van der Waals surface area contributed by atoms with Gasteiger partial charge in [0, 0.05) is 13.1 Å². The molecule has 1 fully saturated rings. The van der Waals surface area contributed by atoms with E-state index in [2.05, 4.69) is 9.97 Å². The summed E-state index contributed by atoms with van der Waals surface area (Å²) in [7, 11) is 3.83. The summed E-state index contributed by atoms with van der Waals surface area (Å²) in [6.45, 7) is 7.42. The van der Waals surface area contributed by atoms with Gasteiger partial charge in [-0.25, -0.2) is 4.98 Å². The summed E-state index contributed by atoms with van der Waals surface area (Å²) in [5.41, 5.74) is 0.528. The highest BCUT2D eigenvalue weighted by Crippen LogP contribution is 2.29. The zero-order valence-corrected chi connectivity index (χ0v) is 16.1. The lowest BCUT2D eigenvalue weighted by molar-refractivity contribution is -0.0585. The van der Waals surface area contributed by atoms with Crippen LogP contribution in [0.2, 0.25) is 0 Å². The van der Waals surface area contributed by atoms with E-state index in [1.165, 1.54) is 11.3 Å². The number of amides is 1. The quantitative estimate of drug-likeness (QED) is 0.895. The van der Waals surface area contributed by atoms with Crippen LogP contribution >= 0.6 is 11.3 Å². The maximum Gasteiger partial charge on any atom is 0.264 e. The number of ether oxygens (including phenoxy) is 1. The van der Waals surface area contributed by atoms with Crippen LogP contribution in [-0.2, 0) is 11.3 Å². The van der Waals surface area contributed by atoms with Crippen LogP contribution in [0.4, 0.5) is 0 Å². The van der Waals surface area contributed by atoms with Crippen LogP contribution < -0.4 is 5.56 Å². The van der Waals surface area contributed by atoms with Gasteiger partial charge in [0.05, 0.1) is 29.0 Å². The Kier molecular flexibility index (Phi) is 4.95. The number of rotatable bonds is 3. The van der Waals surface area contributed by atoms with Gasteiger partial charge in [-0.1, -0.05) is 0 Å². The highest BCUT2D eigenvalue weighted by Gasteiger charge is 2.29. The first-order valence-corrected chi connectivity index (χ1v) is 9.19. The summed E-state index contributed by atoms with van der Waals surface area (Å²) < 4.78 is 5.70. The lowest BCUT2D eigenvalue weighted by Crippen LogP contribution is -2.48. The highest BCUT2D eigenvalue weighted by atomic mass is 32.1. The summed E-state index contributed by atoms with van der Waals surface area (Å²) in [5.74, 6) is 0.562. The molecule has 1 aliphatic rings. The molecule has 2 unspecified atom stereocenters. The van der Waals surface area contributed by atoms with E-state index in [1.807, 2.05) is 44.7 Å². The fourth-order valence-electron chi connectivity index (χ4n) is 3.25. The van der Waals surface area contributed by atoms with Crippen molar-refractivity contribution in [2.24, 2.45) is 0 Å². The van der Waals surface area contributed by atoms with Gasteiger partial charge >= 0.3 is 0 Å². The Labute approximate surface area is 150 Å². The fraction of sp³-hybridized carbons (Fsp3) is 0.588. The molecular weight excluding hydrogens is 340 g/mol. The number of thiophene rings is 1. The second kappa shape index (κ2) is 6.86. The third-order valence-corrected chi connectivity index (χ3v) is 5.39. The Bertz CT molecular complexity index is 847. The van der Waals surface area contributed by atoms with E-state index in [0.29, 0.717) is 46.1 Å². The van der Waals surface area contributed by atoms with E-state index in [4.69, 9.17) is 4.74 Å². The molecule has 0 spiro atoms. The Balaban J connectivity index is 1.99. The minimum atomic E-state index is -0.182. The summed E-state index contributed by atoms with van der Waals surface area (Å²) in [6, 6.07) is 0. The number of nitrogens with zero attached hydrogens (tertiary/aromatic N) is 3. The average molecular weight is 364 g/mol. The van der Waals surface area contributed by atoms with E-state index in [-0.39, 0.29) is 23.7 Å². The second-order valence-corrected chi connectivity index (χ2v) is 7.95. The molecule has 1 saturated heterocycles. The van der Waals surface area contributed by atoms with Gasteiger partial charge in [-0.05, 0) is 40.4 Å². The molecule has 136 valence electrons. The smallest absolute Gasteiger partial charge is 0.264 e. The molecule has 1 aliphatic heterocycles. The maximum atomic E-state index is 13.0. The molecule has 25 heavy (non-hydrogen) atoms. The minimum Gasteiger partial charge on any atom is -0.372 e. The molecule has 1 N–H and O–H groups in total. The predicted octanol–water partition coefficient (Wildman–Crippen LogP) is 1.60. The Hall–Kier alpha value is -1.77. The number of aryl methyl sites for hydroxylation is 1. The molecule has 0 aromatic carbocycles. The van der Waals surface area contributed by atoms with Crippen molar-refractivity contribution >= 4 is 27.5 Å². The monoisotopic (exact) mass is 364 g/mol. The van der Waals surface area contributed by atoms with Crippen molar-refractivity contribution in [2.75, 3.05) is 27.2 Å². The largest absolute Gasteiger partial charge is 0.372 e. The van der Waals surface area contributed by atoms with Crippen LogP contribution in [0.3, 0.4) is 0 Å². The van der Waals surface area contributed by atoms with Crippen LogP contribution in [0.1, 0.15) is 34.9 Å². The van der Waals surface area contributed by atoms with Crippen molar-refractivity contribution in [3.63, 3.8) is 0 Å². The molecule has 2 aromatic heterocycles. The minimum absolute atomic E-state index is 0.00982. The molecule has 7 nitrogen and oxygen atoms in total. The van der Waals surface area contributed by atoms with Gasteiger partial charge in [0.2, 0.25) is 0 Å². The number of morpholine rings is 1. The second-order valence-electron chi connectivity index (χ2n) is 6.95. The molecule has 0 saturated carbocycles. The standard InChI is InChI=1S/C17H24N4O3S/c1-9-6-21(7-10(2)24-9)17(23)14-11(3)13-15(22)18-12(8-20(4)5)19-16(13)25-14/h9-10H,6-8H2,1-5H3,(H,18,19,22). The molecule has 0 radical (unpaired) electrons. The Morgan fingerprint density at radius 3 is 2.60 bits per heavy atom. The molecule has 3 rings (SSSR count). The number of hydrogen-bond donors (Lipinski definition) is 1. The molecule has 3 heterocycles. The zero-order valence-electron chi connectivity index (χ0n) is 15.3. The topological polar surface area (TPSA) is 78.5 Å². The van der Waals surface area contributed by atoms with Gasteiger partial charge in [-0.15, -0.1) is 11.3 Å². The summed E-state index contributed by atoms with van der Waals surface area (Å²) in [5, 5.41) is 0.519. The summed E-state index contributed by atoms with van der Waals surface area (Å²) in [4.78, 5) is 37.8. The molecule has 0 aliphatic carbocycles. The van der Waals surface area contributed by atoms with Crippen molar-refractivity contribution in [3.05, 3.63) is 26.6 Å². The molecular formula is C17H24N4O3S. The Morgan fingerprint density at radius 1 is 1.36 bits per heavy atom. The number of carbonyl (C=O) groups is 1. The molecule has 2 atom stereocenters. The molecule has 8 heteroatoms. The van der Waals surface area contributed by atoms with Gasteiger partial charge in [0.15, 0.2) is 0 Å². The van der Waals surface area contributed by atoms with Gasteiger partial charge in [0.25, 0.3) is 11.5 Å². The van der Waals surface area contributed by atoms with Crippen LogP contribution in [-0.4, -0.2) is 65.1 Å². The number of hydrogen-bond acceptors (Lipinski definition) is 6. The van der Waals surface area contributed by atoms with Gasteiger partial charge in [0.1, 0.15) is 10.7 Å². The Morgan fingerprint density at radius 2 is 2.00 bits per heavy atom. The van der Waals surface area contributed by atoms with E-state index < -0.39 is 0 Å². The van der Waals surface area contributed by atoms with Gasteiger partial charge in [-0.3, -0.25) is 9.59 Å². The van der Waals surface area contributed by atoms with Crippen LogP contribution in [0.15, 0.2) is 4.79 Å².